The van der Waals surface area contributed by atoms with E-state index in [9.17, 15) is 18.0 Å². The van der Waals surface area contributed by atoms with Gasteiger partial charge in [-0.2, -0.15) is 0 Å². The number of aryl methyl sites for hydroxylation is 3. The van der Waals surface area contributed by atoms with Crippen LogP contribution in [0.2, 0.25) is 0 Å². The number of rotatable bonds is 9. The zero-order valence-electron chi connectivity index (χ0n) is 15.6. The van der Waals surface area contributed by atoms with Crippen LogP contribution in [0, 0.1) is 20.8 Å². The summed E-state index contributed by atoms with van der Waals surface area (Å²) >= 11 is 0. The van der Waals surface area contributed by atoms with E-state index < -0.39 is 28.0 Å². The van der Waals surface area contributed by atoms with E-state index in [0.717, 1.165) is 5.56 Å². The van der Waals surface area contributed by atoms with Crippen molar-refractivity contribution in [2.75, 3.05) is 13.1 Å². The summed E-state index contributed by atoms with van der Waals surface area (Å²) in [5.41, 5.74) is 2.27. The molecule has 0 fully saturated rings. The fraction of sp³-hybridized carbons (Fsp3) is 0.444. The number of ether oxygens (including phenoxy) is 1. The molecule has 1 rings (SSSR count). The van der Waals surface area contributed by atoms with Crippen molar-refractivity contribution in [1.29, 1.82) is 0 Å². The van der Waals surface area contributed by atoms with Gasteiger partial charge in [-0.1, -0.05) is 23.8 Å². The highest BCUT2D eigenvalue weighted by molar-refractivity contribution is 7.89. The summed E-state index contributed by atoms with van der Waals surface area (Å²) in [4.78, 5) is 23.6. The molecule has 0 radical (unpaired) electrons. The van der Waals surface area contributed by atoms with Gasteiger partial charge in [-0.25, -0.2) is 13.1 Å². The number of carbonyl (C=O) groups is 2. The number of sulfonamides is 1. The Morgan fingerprint density at radius 2 is 1.81 bits per heavy atom. The fourth-order valence-electron chi connectivity index (χ4n) is 2.58. The molecule has 2 N–H and O–H groups in total. The molecule has 7 nitrogen and oxygen atoms in total. The lowest BCUT2D eigenvalue weighted by Gasteiger charge is -2.14. The van der Waals surface area contributed by atoms with Gasteiger partial charge in [0.15, 0.2) is 6.10 Å². The van der Waals surface area contributed by atoms with E-state index in [1.807, 2.05) is 6.92 Å². The molecule has 8 heteroatoms. The third kappa shape index (κ3) is 6.27. The summed E-state index contributed by atoms with van der Waals surface area (Å²) < 4.78 is 32.3. The van der Waals surface area contributed by atoms with Gasteiger partial charge in [-0.15, -0.1) is 6.58 Å². The molecule has 0 unspecified atom stereocenters. The van der Waals surface area contributed by atoms with E-state index in [2.05, 4.69) is 16.6 Å². The van der Waals surface area contributed by atoms with Crippen molar-refractivity contribution in [3.8, 4) is 0 Å². The number of amides is 1. The van der Waals surface area contributed by atoms with Crippen LogP contribution >= 0.6 is 0 Å². The van der Waals surface area contributed by atoms with E-state index in [0.29, 0.717) is 11.1 Å². The third-order valence-electron chi connectivity index (χ3n) is 3.59. The maximum atomic E-state index is 12.5. The molecule has 0 spiro atoms. The van der Waals surface area contributed by atoms with Gasteiger partial charge in [0.05, 0.1) is 11.3 Å². The zero-order valence-corrected chi connectivity index (χ0v) is 16.4. The van der Waals surface area contributed by atoms with Crippen LogP contribution in [0.1, 0.15) is 30.0 Å². The molecule has 1 aromatic rings. The van der Waals surface area contributed by atoms with Crippen molar-refractivity contribution in [2.45, 2.75) is 45.1 Å². The van der Waals surface area contributed by atoms with Crippen molar-refractivity contribution in [2.24, 2.45) is 0 Å². The SMILES string of the molecule is C=CCNC(=O)[C@@H](C)OC(=O)CCNS(=O)(=O)c1c(C)cc(C)cc1C. The normalized spacial score (nSPS) is 12.3. The Bertz CT molecular complexity index is 764. The predicted molar refractivity (Wildman–Crippen MR) is 99.2 cm³/mol. The maximum absolute atomic E-state index is 12.5. The second-order valence-electron chi connectivity index (χ2n) is 6.04. The van der Waals surface area contributed by atoms with Crippen molar-refractivity contribution in [3.63, 3.8) is 0 Å². The summed E-state index contributed by atoms with van der Waals surface area (Å²) in [6, 6.07) is 3.58. The summed E-state index contributed by atoms with van der Waals surface area (Å²) in [5.74, 6) is -1.10. The molecular weight excluding hydrogens is 356 g/mol. The maximum Gasteiger partial charge on any atom is 0.307 e. The van der Waals surface area contributed by atoms with Crippen LogP contribution in [0.15, 0.2) is 29.7 Å². The van der Waals surface area contributed by atoms with Gasteiger partial charge in [-0.05, 0) is 38.8 Å². The molecule has 0 saturated heterocycles. The largest absolute Gasteiger partial charge is 0.453 e. The molecule has 26 heavy (non-hydrogen) atoms. The number of esters is 1. The van der Waals surface area contributed by atoms with Gasteiger partial charge in [-0.3, -0.25) is 9.59 Å². The molecule has 144 valence electrons. The lowest BCUT2D eigenvalue weighted by molar-refractivity contribution is -0.154. The van der Waals surface area contributed by atoms with E-state index in [-0.39, 0.29) is 24.4 Å². The van der Waals surface area contributed by atoms with Crippen LogP contribution in [0.5, 0.6) is 0 Å². The second-order valence-corrected chi connectivity index (χ2v) is 7.75. The van der Waals surface area contributed by atoms with Crippen LogP contribution < -0.4 is 10.0 Å². The fourth-order valence-corrected chi connectivity index (χ4v) is 4.06. The highest BCUT2D eigenvalue weighted by atomic mass is 32.2. The molecule has 1 amide bonds. The van der Waals surface area contributed by atoms with Gasteiger partial charge < -0.3 is 10.1 Å². The van der Waals surface area contributed by atoms with Crippen LogP contribution in [-0.2, 0) is 24.3 Å². The lowest BCUT2D eigenvalue weighted by Crippen LogP contribution is -2.36. The quantitative estimate of drug-likeness (QED) is 0.498. The average Bonchev–Trinajstić information content (AvgIpc) is 2.50. The molecule has 0 aliphatic heterocycles. The van der Waals surface area contributed by atoms with Crippen LogP contribution in [0.4, 0.5) is 0 Å². The van der Waals surface area contributed by atoms with E-state index in [1.54, 1.807) is 26.0 Å². The van der Waals surface area contributed by atoms with Crippen LogP contribution in [0.25, 0.3) is 0 Å². The number of carbonyl (C=O) groups excluding carboxylic acids is 2. The monoisotopic (exact) mass is 382 g/mol. The van der Waals surface area contributed by atoms with Crippen molar-refractivity contribution >= 4 is 21.9 Å². The molecule has 0 aliphatic carbocycles. The van der Waals surface area contributed by atoms with E-state index in [4.69, 9.17) is 4.74 Å². The molecule has 0 bridgehead atoms. The van der Waals surface area contributed by atoms with Gasteiger partial charge in [0.2, 0.25) is 10.0 Å². The first-order valence-corrected chi connectivity index (χ1v) is 9.72. The molecule has 0 aliphatic rings. The summed E-state index contributed by atoms with van der Waals surface area (Å²) in [7, 11) is -3.74. The lowest BCUT2D eigenvalue weighted by atomic mass is 10.1. The first-order valence-electron chi connectivity index (χ1n) is 8.24. The minimum atomic E-state index is -3.74. The summed E-state index contributed by atoms with van der Waals surface area (Å²) in [6.07, 6.45) is 0.374. The highest BCUT2D eigenvalue weighted by Crippen LogP contribution is 2.21. The van der Waals surface area contributed by atoms with Crippen molar-refractivity contribution in [3.05, 3.63) is 41.5 Å². The molecule has 0 aromatic heterocycles. The number of nitrogens with one attached hydrogen (secondary N) is 2. The number of benzene rings is 1. The minimum Gasteiger partial charge on any atom is -0.453 e. The van der Waals surface area contributed by atoms with Gasteiger partial charge in [0.1, 0.15) is 0 Å². The Morgan fingerprint density at radius 1 is 1.23 bits per heavy atom. The van der Waals surface area contributed by atoms with Gasteiger partial charge in [0.25, 0.3) is 5.91 Å². The standard InChI is InChI=1S/C18H26N2O5S/c1-6-8-19-18(22)15(5)25-16(21)7-9-20-26(23,24)17-13(3)10-12(2)11-14(17)4/h6,10-11,15,20H,1,7-9H2,2-5H3,(H,19,22)/t15-/m1/s1. The average molecular weight is 382 g/mol. The topological polar surface area (TPSA) is 102 Å². The Morgan fingerprint density at radius 3 is 2.35 bits per heavy atom. The number of hydrogen-bond donors (Lipinski definition) is 2. The molecule has 0 heterocycles. The third-order valence-corrected chi connectivity index (χ3v) is 5.36. The summed E-state index contributed by atoms with van der Waals surface area (Å²) in [5, 5.41) is 2.51. The Hall–Kier alpha value is -2.19. The minimum absolute atomic E-state index is 0.116. The molecule has 1 atom stereocenters. The van der Waals surface area contributed by atoms with Gasteiger partial charge >= 0.3 is 5.97 Å². The van der Waals surface area contributed by atoms with Gasteiger partial charge in [0, 0.05) is 13.1 Å². The second kappa shape index (κ2) is 9.49. The molecule has 0 saturated carbocycles. The van der Waals surface area contributed by atoms with E-state index >= 15 is 0 Å². The first kappa shape index (κ1) is 21.9. The van der Waals surface area contributed by atoms with Crippen molar-refractivity contribution in [1.82, 2.24) is 10.0 Å². The molecule has 1 aromatic carbocycles. The highest BCUT2D eigenvalue weighted by Gasteiger charge is 2.21. The Balaban J connectivity index is 2.60. The van der Waals surface area contributed by atoms with Crippen molar-refractivity contribution < 1.29 is 22.7 Å². The number of hydrogen-bond acceptors (Lipinski definition) is 5. The smallest absolute Gasteiger partial charge is 0.307 e. The Kier molecular flexibility index (Phi) is 7.98. The molecular formula is C18H26N2O5S. The Labute approximate surface area is 154 Å². The zero-order chi connectivity index (χ0) is 19.9. The van der Waals surface area contributed by atoms with Crippen LogP contribution in [0.3, 0.4) is 0 Å². The van der Waals surface area contributed by atoms with E-state index in [1.165, 1.54) is 13.0 Å². The van der Waals surface area contributed by atoms with Crippen LogP contribution in [-0.4, -0.2) is 39.5 Å². The summed E-state index contributed by atoms with van der Waals surface area (Å²) in [6.45, 7) is 10.4. The predicted octanol–water partition coefficient (Wildman–Crippen LogP) is 1.51. The first-order chi connectivity index (χ1) is 12.1.